The van der Waals surface area contributed by atoms with Gasteiger partial charge in [0.05, 0.1) is 10.0 Å². The lowest BCUT2D eigenvalue weighted by Crippen LogP contribution is -1.99. The predicted octanol–water partition coefficient (Wildman–Crippen LogP) is 3.80. The lowest BCUT2D eigenvalue weighted by Gasteiger charge is -2.08. The van der Waals surface area contributed by atoms with Crippen LogP contribution in [0.15, 0.2) is 26.6 Å². The van der Waals surface area contributed by atoms with Gasteiger partial charge in [0.25, 0.3) is 0 Å². The molecule has 0 aliphatic carbocycles. The monoisotopic (exact) mass is 286 g/mol. The van der Waals surface area contributed by atoms with E-state index in [9.17, 15) is 5.11 Å². The van der Waals surface area contributed by atoms with Gasteiger partial charge in [-0.15, -0.1) is 11.3 Å². The third-order valence-electron chi connectivity index (χ3n) is 2.37. The Morgan fingerprint density at radius 2 is 2.20 bits per heavy atom. The third kappa shape index (κ3) is 2.02. The summed E-state index contributed by atoms with van der Waals surface area (Å²) >= 11 is 5.03. The molecule has 1 atom stereocenters. The van der Waals surface area contributed by atoms with Crippen molar-refractivity contribution < 1.29 is 9.52 Å². The summed E-state index contributed by atoms with van der Waals surface area (Å²) in [5.41, 5.74) is 1.88. The van der Waals surface area contributed by atoms with Crippen LogP contribution in [0.2, 0.25) is 0 Å². The van der Waals surface area contributed by atoms with E-state index in [4.69, 9.17) is 4.42 Å². The Bertz CT molecular complexity index is 473. The SMILES string of the molecule is Cc1ccoc1C(O)c1cc(Br)sc1C. The van der Waals surface area contributed by atoms with Crippen molar-refractivity contribution in [2.75, 3.05) is 0 Å². The number of hydrogen-bond acceptors (Lipinski definition) is 3. The van der Waals surface area contributed by atoms with E-state index in [1.165, 1.54) is 0 Å². The molecule has 1 unspecified atom stereocenters. The van der Waals surface area contributed by atoms with Gasteiger partial charge in [0.1, 0.15) is 11.9 Å². The highest BCUT2D eigenvalue weighted by molar-refractivity contribution is 9.11. The van der Waals surface area contributed by atoms with E-state index >= 15 is 0 Å². The molecular weight excluding hydrogens is 276 g/mol. The molecular formula is C11H11BrO2S. The normalized spacial score (nSPS) is 13.1. The summed E-state index contributed by atoms with van der Waals surface area (Å²) < 4.78 is 6.31. The molecule has 0 saturated heterocycles. The van der Waals surface area contributed by atoms with Crippen LogP contribution < -0.4 is 0 Å². The number of aliphatic hydroxyl groups is 1. The van der Waals surface area contributed by atoms with Crippen LogP contribution in [-0.2, 0) is 0 Å². The summed E-state index contributed by atoms with van der Waals surface area (Å²) in [6.07, 6.45) is 0.938. The zero-order valence-corrected chi connectivity index (χ0v) is 10.9. The van der Waals surface area contributed by atoms with Crippen LogP contribution in [0.5, 0.6) is 0 Å². The van der Waals surface area contributed by atoms with Crippen LogP contribution in [-0.4, -0.2) is 5.11 Å². The lowest BCUT2D eigenvalue weighted by atomic mass is 10.1. The topological polar surface area (TPSA) is 33.4 Å². The second-order valence-electron chi connectivity index (χ2n) is 3.43. The number of thiophene rings is 1. The molecule has 0 aliphatic heterocycles. The van der Waals surface area contributed by atoms with Crippen LogP contribution in [0.3, 0.4) is 0 Å². The molecule has 2 aromatic heterocycles. The second-order valence-corrected chi connectivity index (χ2v) is 6.07. The van der Waals surface area contributed by atoms with Crippen molar-refractivity contribution in [3.63, 3.8) is 0 Å². The van der Waals surface area contributed by atoms with E-state index < -0.39 is 6.10 Å². The summed E-state index contributed by atoms with van der Waals surface area (Å²) in [6.45, 7) is 3.92. The fraction of sp³-hybridized carbons (Fsp3) is 0.273. The molecule has 0 aliphatic rings. The first-order valence-corrected chi connectivity index (χ1v) is 6.18. The summed E-state index contributed by atoms with van der Waals surface area (Å²) in [4.78, 5) is 1.10. The Kier molecular flexibility index (Phi) is 3.00. The van der Waals surface area contributed by atoms with Crippen LogP contribution >= 0.6 is 27.3 Å². The van der Waals surface area contributed by atoms with Crippen molar-refractivity contribution in [1.29, 1.82) is 0 Å². The van der Waals surface area contributed by atoms with E-state index in [0.29, 0.717) is 5.76 Å². The number of hydrogen-bond donors (Lipinski definition) is 1. The van der Waals surface area contributed by atoms with E-state index in [0.717, 1.165) is 19.8 Å². The quantitative estimate of drug-likeness (QED) is 0.911. The highest BCUT2D eigenvalue weighted by atomic mass is 79.9. The molecule has 80 valence electrons. The fourth-order valence-electron chi connectivity index (χ4n) is 1.54. The van der Waals surface area contributed by atoms with Gasteiger partial charge in [0.2, 0.25) is 0 Å². The summed E-state index contributed by atoms with van der Waals surface area (Å²) in [5, 5.41) is 10.1. The third-order valence-corrected chi connectivity index (χ3v) is 3.94. The van der Waals surface area contributed by atoms with E-state index in [1.807, 2.05) is 26.0 Å². The van der Waals surface area contributed by atoms with Crippen molar-refractivity contribution in [1.82, 2.24) is 0 Å². The maximum absolute atomic E-state index is 10.1. The smallest absolute Gasteiger partial charge is 0.139 e. The van der Waals surface area contributed by atoms with Crippen LogP contribution in [0.25, 0.3) is 0 Å². The van der Waals surface area contributed by atoms with Crippen molar-refractivity contribution >= 4 is 27.3 Å². The molecule has 0 bridgehead atoms. The molecule has 0 fully saturated rings. The van der Waals surface area contributed by atoms with Crippen molar-refractivity contribution in [2.24, 2.45) is 0 Å². The highest BCUT2D eigenvalue weighted by Crippen LogP contribution is 2.34. The number of furan rings is 1. The van der Waals surface area contributed by atoms with Gasteiger partial charge in [-0.2, -0.15) is 0 Å². The average Bonchev–Trinajstić information content (AvgIpc) is 2.71. The Balaban J connectivity index is 2.40. The molecule has 0 amide bonds. The molecule has 2 rings (SSSR count). The second kappa shape index (κ2) is 4.12. The van der Waals surface area contributed by atoms with Crippen molar-refractivity contribution in [3.05, 3.63) is 43.9 Å². The molecule has 0 spiro atoms. The average molecular weight is 287 g/mol. The molecule has 0 aromatic carbocycles. The van der Waals surface area contributed by atoms with E-state index in [-0.39, 0.29) is 0 Å². The summed E-state index contributed by atoms with van der Waals surface area (Å²) in [7, 11) is 0. The van der Waals surface area contributed by atoms with Gasteiger partial charge in [-0.3, -0.25) is 0 Å². The van der Waals surface area contributed by atoms with E-state index in [1.54, 1.807) is 17.6 Å². The minimum absolute atomic E-state index is 0.628. The highest BCUT2D eigenvalue weighted by Gasteiger charge is 2.19. The maximum Gasteiger partial charge on any atom is 0.139 e. The molecule has 2 nitrogen and oxygen atoms in total. The molecule has 1 N–H and O–H groups in total. The molecule has 2 heterocycles. The fourth-order valence-corrected chi connectivity index (χ4v) is 3.28. The standard InChI is InChI=1S/C11H11BrO2S/c1-6-3-4-14-11(6)10(13)8-5-9(12)15-7(8)2/h3-5,10,13H,1-2H3. The maximum atomic E-state index is 10.1. The Hall–Kier alpha value is -0.580. The van der Waals surface area contributed by atoms with Crippen molar-refractivity contribution in [2.45, 2.75) is 20.0 Å². The zero-order chi connectivity index (χ0) is 11.0. The van der Waals surface area contributed by atoms with Crippen LogP contribution in [0.4, 0.5) is 0 Å². The minimum Gasteiger partial charge on any atom is -0.466 e. The van der Waals surface area contributed by atoms with Gasteiger partial charge >= 0.3 is 0 Å². The number of halogens is 1. The van der Waals surface area contributed by atoms with Gasteiger partial charge in [-0.1, -0.05) is 0 Å². The van der Waals surface area contributed by atoms with Gasteiger partial charge in [0, 0.05) is 10.4 Å². The Labute approximate surface area is 101 Å². The van der Waals surface area contributed by atoms with Gasteiger partial charge < -0.3 is 9.52 Å². The molecule has 2 aromatic rings. The summed E-state index contributed by atoms with van der Waals surface area (Å²) in [6, 6.07) is 3.79. The molecule has 0 saturated carbocycles. The van der Waals surface area contributed by atoms with Gasteiger partial charge in [0.15, 0.2) is 0 Å². The number of aliphatic hydroxyl groups excluding tert-OH is 1. The predicted molar refractivity (Wildman–Crippen MR) is 64.3 cm³/mol. The Morgan fingerprint density at radius 1 is 1.47 bits per heavy atom. The first-order valence-electron chi connectivity index (χ1n) is 4.57. The van der Waals surface area contributed by atoms with Crippen LogP contribution in [0.1, 0.15) is 27.9 Å². The Morgan fingerprint density at radius 3 is 2.67 bits per heavy atom. The van der Waals surface area contributed by atoms with Gasteiger partial charge in [-0.25, -0.2) is 0 Å². The largest absolute Gasteiger partial charge is 0.466 e. The zero-order valence-electron chi connectivity index (χ0n) is 8.45. The first kappa shape index (κ1) is 10.9. The lowest BCUT2D eigenvalue weighted by molar-refractivity contribution is 0.188. The number of aryl methyl sites for hydroxylation is 2. The molecule has 4 heteroatoms. The van der Waals surface area contributed by atoms with Crippen LogP contribution in [0, 0.1) is 13.8 Å². The van der Waals surface area contributed by atoms with Gasteiger partial charge in [-0.05, 0) is 47.5 Å². The molecule has 0 radical (unpaired) electrons. The van der Waals surface area contributed by atoms with E-state index in [2.05, 4.69) is 15.9 Å². The molecule has 15 heavy (non-hydrogen) atoms. The number of rotatable bonds is 2. The summed E-state index contributed by atoms with van der Waals surface area (Å²) in [5.74, 6) is 0.628. The minimum atomic E-state index is -0.664. The first-order chi connectivity index (χ1) is 7.09. The van der Waals surface area contributed by atoms with Crippen molar-refractivity contribution in [3.8, 4) is 0 Å².